The van der Waals surface area contributed by atoms with Crippen molar-refractivity contribution < 1.29 is 4.74 Å². The van der Waals surface area contributed by atoms with Crippen LogP contribution in [0.25, 0.3) is 5.57 Å². The maximum atomic E-state index is 5.44. The van der Waals surface area contributed by atoms with Crippen molar-refractivity contribution in [3.05, 3.63) is 41.5 Å². The van der Waals surface area contributed by atoms with Crippen LogP contribution < -0.4 is 0 Å². The lowest BCUT2D eigenvalue weighted by atomic mass is 9.79. The van der Waals surface area contributed by atoms with Crippen LogP contribution in [0.5, 0.6) is 0 Å². The van der Waals surface area contributed by atoms with E-state index >= 15 is 0 Å². The molecule has 0 bridgehead atoms. The fraction of sp³-hybridized carbons (Fsp3) is 0.600. The third-order valence-corrected chi connectivity index (χ3v) is 5.46. The summed E-state index contributed by atoms with van der Waals surface area (Å²) in [6.45, 7) is 2.39. The summed E-state index contributed by atoms with van der Waals surface area (Å²) in [7, 11) is 1.82. The molecule has 1 aromatic carbocycles. The monoisotopic (exact) mass is 284 g/mol. The smallest absolute Gasteiger partial charge is 0.0609 e. The molecule has 114 valence electrons. The summed E-state index contributed by atoms with van der Waals surface area (Å²) >= 11 is 0. The molecule has 1 aromatic rings. The largest absolute Gasteiger partial charge is 0.381 e. The summed E-state index contributed by atoms with van der Waals surface area (Å²) in [6.07, 6.45) is 11.7. The predicted octanol–water partition coefficient (Wildman–Crippen LogP) is 5.56. The zero-order valence-electron chi connectivity index (χ0n) is 13.5. The van der Waals surface area contributed by atoms with E-state index in [-0.39, 0.29) is 0 Å². The van der Waals surface area contributed by atoms with Crippen LogP contribution in [-0.2, 0) is 4.74 Å². The molecule has 0 aromatic heterocycles. The second kappa shape index (κ2) is 6.79. The summed E-state index contributed by atoms with van der Waals surface area (Å²) < 4.78 is 5.44. The molecular formula is C20H28O. The van der Waals surface area contributed by atoms with Gasteiger partial charge in [-0.25, -0.2) is 0 Å². The molecule has 0 N–H and O–H groups in total. The molecular weight excluding hydrogens is 256 g/mol. The van der Waals surface area contributed by atoms with Crippen molar-refractivity contribution in [3.8, 4) is 0 Å². The van der Waals surface area contributed by atoms with Gasteiger partial charge in [0, 0.05) is 7.11 Å². The molecule has 1 fully saturated rings. The van der Waals surface area contributed by atoms with Crippen LogP contribution in [-0.4, -0.2) is 13.2 Å². The summed E-state index contributed by atoms with van der Waals surface area (Å²) in [4.78, 5) is 0. The number of methoxy groups -OCH3 is 1. The van der Waals surface area contributed by atoms with E-state index in [4.69, 9.17) is 4.74 Å². The second-order valence-corrected chi connectivity index (χ2v) is 6.94. The van der Waals surface area contributed by atoms with Gasteiger partial charge >= 0.3 is 0 Å². The topological polar surface area (TPSA) is 9.23 Å². The number of ether oxygens (including phenoxy) is 1. The molecule has 0 saturated heterocycles. The fourth-order valence-corrected chi connectivity index (χ4v) is 3.85. The predicted molar refractivity (Wildman–Crippen MR) is 89.4 cm³/mol. The van der Waals surface area contributed by atoms with E-state index in [1.807, 2.05) is 7.11 Å². The summed E-state index contributed by atoms with van der Waals surface area (Å²) in [5.74, 6) is 1.73. The Morgan fingerprint density at radius 1 is 0.952 bits per heavy atom. The van der Waals surface area contributed by atoms with Gasteiger partial charge in [-0.15, -0.1) is 0 Å². The fourth-order valence-electron chi connectivity index (χ4n) is 3.85. The van der Waals surface area contributed by atoms with Crippen molar-refractivity contribution in [3.63, 3.8) is 0 Å². The van der Waals surface area contributed by atoms with Crippen LogP contribution >= 0.6 is 0 Å². The van der Waals surface area contributed by atoms with E-state index in [0.29, 0.717) is 6.10 Å². The Morgan fingerprint density at radius 2 is 1.67 bits per heavy atom. The SMILES string of the molecule is COC1CC=C(c2ccc(C3CCC(C)CC3)cc2)CC1. The maximum Gasteiger partial charge on any atom is 0.0609 e. The van der Waals surface area contributed by atoms with Crippen LogP contribution in [0, 0.1) is 5.92 Å². The molecule has 1 nitrogen and oxygen atoms in total. The first kappa shape index (κ1) is 14.8. The van der Waals surface area contributed by atoms with Gasteiger partial charge in [0.1, 0.15) is 0 Å². The van der Waals surface area contributed by atoms with E-state index in [2.05, 4.69) is 37.3 Å². The molecule has 0 aliphatic heterocycles. The highest BCUT2D eigenvalue weighted by atomic mass is 16.5. The number of hydrogen-bond acceptors (Lipinski definition) is 1. The van der Waals surface area contributed by atoms with Gasteiger partial charge < -0.3 is 4.74 Å². The first-order valence-electron chi connectivity index (χ1n) is 8.58. The highest BCUT2D eigenvalue weighted by Crippen LogP contribution is 2.36. The minimum atomic E-state index is 0.428. The summed E-state index contributed by atoms with van der Waals surface area (Å²) in [5, 5.41) is 0. The van der Waals surface area contributed by atoms with Crippen LogP contribution in [0.4, 0.5) is 0 Å². The van der Waals surface area contributed by atoms with Gasteiger partial charge in [0.2, 0.25) is 0 Å². The Morgan fingerprint density at radius 3 is 2.24 bits per heavy atom. The van der Waals surface area contributed by atoms with Crippen molar-refractivity contribution >= 4 is 5.57 Å². The molecule has 1 heteroatoms. The van der Waals surface area contributed by atoms with Crippen LogP contribution in [0.2, 0.25) is 0 Å². The number of allylic oxidation sites excluding steroid dienone is 1. The zero-order valence-corrected chi connectivity index (χ0v) is 13.5. The molecule has 2 aliphatic carbocycles. The molecule has 1 unspecified atom stereocenters. The van der Waals surface area contributed by atoms with Gasteiger partial charge in [-0.1, -0.05) is 50.1 Å². The van der Waals surface area contributed by atoms with Gasteiger partial charge in [-0.3, -0.25) is 0 Å². The molecule has 1 atom stereocenters. The molecule has 0 amide bonds. The molecule has 1 saturated carbocycles. The number of rotatable bonds is 3. The quantitative estimate of drug-likeness (QED) is 0.705. The van der Waals surface area contributed by atoms with E-state index in [1.165, 1.54) is 36.8 Å². The zero-order chi connectivity index (χ0) is 14.7. The second-order valence-electron chi connectivity index (χ2n) is 6.94. The Hall–Kier alpha value is -1.08. The molecule has 0 radical (unpaired) electrons. The Kier molecular flexibility index (Phi) is 4.80. The molecule has 2 aliphatic rings. The number of hydrogen-bond donors (Lipinski definition) is 0. The van der Waals surface area contributed by atoms with Crippen molar-refractivity contribution in [1.82, 2.24) is 0 Å². The first-order chi connectivity index (χ1) is 10.3. The lowest BCUT2D eigenvalue weighted by molar-refractivity contribution is 0.0964. The lowest BCUT2D eigenvalue weighted by Crippen LogP contribution is -2.13. The standard InChI is InChI=1S/C20H28O/c1-15-3-5-16(6-4-15)17-7-9-18(10-8-17)19-11-13-20(21-2)14-12-19/h7-11,15-16,20H,3-6,12-14H2,1-2H3. The molecule has 21 heavy (non-hydrogen) atoms. The van der Waals surface area contributed by atoms with Crippen LogP contribution in [0.15, 0.2) is 30.3 Å². The molecule has 0 heterocycles. The van der Waals surface area contributed by atoms with E-state index in [1.54, 1.807) is 5.56 Å². The van der Waals surface area contributed by atoms with E-state index in [0.717, 1.165) is 31.1 Å². The Labute approximate surface area is 129 Å². The lowest BCUT2D eigenvalue weighted by Gasteiger charge is -2.27. The van der Waals surface area contributed by atoms with Crippen molar-refractivity contribution in [1.29, 1.82) is 0 Å². The van der Waals surface area contributed by atoms with Crippen molar-refractivity contribution in [2.45, 2.75) is 63.9 Å². The van der Waals surface area contributed by atoms with Gasteiger partial charge in [0.25, 0.3) is 0 Å². The van der Waals surface area contributed by atoms with E-state index < -0.39 is 0 Å². The Bertz CT molecular complexity index is 477. The average molecular weight is 284 g/mol. The molecule has 0 spiro atoms. The highest BCUT2D eigenvalue weighted by molar-refractivity contribution is 5.66. The number of benzene rings is 1. The summed E-state index contributed by atoms with van der Waals surface area (Å²) in [6, 6.07) is 9.43. The Balaban J connectivity index is 1.66. The van der Waals surface area contributed by atoms with Gasteiger partial charge in [0.15, 0.2) is 0 Å². The minimum Gasteiger partial charge on any atom is -0.381 e. The van der Waals surface area contributed by atoms with Crippen molar-refractivity contribution in [2.24, 2.45) is 5.92 Å². The minimum absolute atomic E-state index is 0.428. The molecule has 3 rings (SSSR count). The third kappa shape index (κ3) is 3.58. The van der Waals surface area contributed by atoms with Crippen LogP contribution in [0.3, 0.4) is 0 Å². The van der Waals surface area contributed by atoms with Crippen molar-refractivity contribution in [2.75, 3.05) is 7.11 Å². The van der Waals surface area contributed by atoms with Crippen LogP contribution in [0.1, 0.15) is 68.9 Å². The van der Waals surface area contributed by atoms with Gasteiger partial charge in [0.05, 0.1) is 6.10 Å². The normalized spacial score (nSPS) is 30.0. The van der Waals surface area contributed by atoms with Gasteiger partial charge in [-0.2, -0.15) is 0 Å². The first-order valence-corrected chi connectivity index (χ1v) is 8.58. The van der Waals surface area contributed by atoms with E-state index in [9.17, 15) is 0 Å². The third-order valence-electron chi connectivity index (χ3n) is 5.46. The van der Waals surface area contributed by atoms with Gasteiger partial charge in [-0.05, 0) is 60.6 Å². The highest BCUT2D eigenvalue weighted by Gasteiger charge is 2.20. The summed E-state index contributed by atoms with van der Waals surface area (Å²) in [5.41, 5.74) is 4.47. The average Bonchev–Trinajstić information content (AvgIpc) is 2.56. The maximum absolute atomic E-state index is 5.44.